The van der Waals surface area contributed by atoms with Crippen molar-refractivity contribution >= 4 is 45.7 Å². The van der Waals surface area contributed by atoms with Crippen molar-refractivity contribution in [2.75, 3.05) is 4.90 Å². The van der Waals surface area contributed by atoms with Gasteiger partial charge < -0.3 is 9.84 Å². The molecule has 45 heavy (non-hydrogen) atoms. The number of ketones is 1. The van der Waals surface area contributed by atoms with E-state index in [-0.39, 0.29) is 22.3 Å². The monoisotopic (exact) mass is 641 g/mol. The summed E-state index contributed by atoms with van der Waals surface area (Å²) in [6, 6.07) is 25.1. The molecule has 11 heteroatoms. The highest BCUT2D eigenvalue weighted by molar-refractivity contribution is 8.00. The van der Waals surface area contributed by atoms with E-state index in [1.807, 2.05) is 31.2 Å². The fourth-order valence-corrected chi connectivity index (χ4v) is 6.79. The first-order valence-corrected chi connectivity index (χ1v) is 15.6. The van der Waals surface area contributed by atoms with Gasteiger partial charge in [-0.3, -0.25) is 14.5 Å². The Hall–Kier alpha value is -4.87. The molecule has 226 valence electrons. The van der Waals surface area contributed by atoms with E-state index >= 15 is 0 Å². The zero-order valence-corrected chi connectivity index (χ0v) is 25.4. The second kappa shape index (κ2) is 13.0. The lowest BCUT2D eigenvalue weighted by Gasteiger charge is -2.22. The number of Topliss-reactive ketones (excluding diaryl/α,β-unsaturated/α-hetero) is 1. The molecule has 1 fully saturated rings. The molecule has 1 atom stereocenters. The number of benzene rings is 4. The molecule has 1 unspecified atom stereocenters. The van der Waals surface area contributed by atoms with Crippen LogP contribution in [-0.4, -0.2) is 27.0 Å². The molecular weight excluding hydrogens is 617 g/mol. The van der Waals surface area contributed by atoms with Crippen LogP contribution in [0.25, 0.3) is 5.76 Å². The summed E-state index contributed by atoms with van der Waals surface area (Å²) in [5.74, 6) is -2.23. The summed E-state index contributed by atoms with van der Waals surface area (Å²) in [6.45, 7) is 2.35. The molecule has 1 N–H and O–H groups in total. The molecule has 4 aromatic carbocycles. The lowest BCUT2D eigenvalue weighted by atomic mass is 9.95. The molecule has 1 amide bonds. The standard InChI is InChI=1S/C34H25F2N3O4S2/c1-20-5-4-6-21(17-20)18-43-26-15-11-23(12-16-26)30(40)28-29(22-9-13-25(35)14-10-22)39(32(42)31(28)41)33-37-38-34(45-33)44-19-24-7-2-3-8-27(24)36/h2-17,29,40H,18-19H2,1H3. The van der Waals surface area contributed by atoms with Crippen molar-refractivity contribution in [3.63, 3.8) is 0 Å². The van der Waals surface area contributed by atoms with Gasteiger partial charge in [0.1, 0.15) is 29.8 Å². The number of aryl methyl sites for hydroxylation is 1. The highest BCUT2D eigenvalue weighted by Gasteiger charge is 2.48. The lowest BCUT2D eigenvalue weighted by molar-refractivity contribution is -0.132. The van der Waals surface area contributed by atoms with Crippen molar-refractivity contribution in [3.05, 3.63) is 142 Å². The molecule has 7 nitrogen and oxygen atoms in total. The number of anilines is 1. The first-order valence-electron chi connectivity index (χ1n) is 13.8. The number of hydrogen-bond acceptors (Lipinski definition) is 8. The third-order valence-electron chi connectivity index (χ3n) is 7.16. The van der Waals surface area contributed by atoms with Crippen molar-refractivity contribution < 1.29 is 28.2 Å². The van der Waals surface area contributed by atoms with Crippen molar-refractivity contribution in [1.29, 1.82) is 0 Å². The van der Waals surface area contributed by atoms with Gasteiger partial charge >= 0.3 is 5.91 Å². The van der Waals surface area contributed by atoms with Gasteiger partial charge in [0.25, 0.3) is 5.78 Å². The lowest BCUT2D eigenvalue weighted by Crippen LogP contribution is -2.29. The number of aliphatic hydroxyl groups is 1. The maximum atomic E-state index is 14.1. The molecule has 1 saturated heterocycles. The Balaban J connectivity index is 1.30. The maximum Gasteiger partial charge on any atom is 0.301 e. The van der Waals surface area contributed by atoms with Crippen LogP contribution in [0.2, 0.25) is 0 Å². The molecule has 1 aliphatic heterocycles. The molecule has 1 aromatic heterocycles. The third kappa shape index (κ3) is 6.50. The normalized spacial score (nSPS) is 15.9. The molecule has 6 rings (SSSR count). The van der Waals surface area contributed by atoms with E-state index in [1.54, 1.807) is 42.5 Å². The van der Waals surface area contributed by atoms with Crippen LogP contribution in [-0.2, 0) is 21.9 Å². The number of nitrogens with zero attached hydrogens (tertiary/aromatic N) is 3. The van der Waals surface area contributed by atoms with Gasteiger partial charge in [-0.2, -0.15) is 0 Å². The second-order valence-corrected chi connectivity index (χ2v) is 12.4. The minimum atomic E-state index is -1.10. The van der Waals surface area contributed by atoms with Gasteiger partial charge in [0.2, 0.25) is 5.13 Å². The zero-order chi connectivity index (χ0) is 31.5. The Bertz CT molecular complexity index is 1910. The molecule has 0 bridgehead atoms. The summed E-state index contributed by atoms with van der Waals surface area (Å²) < 4.78 is 34.3. The summed E-state index contributed by atoms with van der Waals surface area (Å²) in [5.41, 5.74) is 3.13. The molecule has 0 aliphatic carbocycles. The van der Waals surface area contributed by atoms with Crippen molar-refractivity contribution in [1.82, 2.24) is 10.2 Å². The second-order valence-electron chi connectivity index (χ2n) is 10.3. The Morgan fingerprint density at radius 2 is 1.71 bits per heavy atom. The maximum absolute atomic E-state index is 14.1. The van der Waals surface area contributed by atoms with Gasteiger partial charge in [0.15, 0.2) is 4.34 Å². The SMILES string of the molecule is Cc1cccc(COc2ccc(C(O)=C3C(=O)C(=O)N(c4nnc(SCc5ccccc5F)s4)C3c3ccc(F)cc3)cc2)c1. The van der Waals surface area contributed by atoms with Gasteiger partial charge in [-0.15, -0.1) is 10.2 Å². The molecule has 0 radical (unpaired) electrons. The minimum absolute atomic E-state index is 0.112. The molecule has 0 saturated carbocycles. The van der Waals surface area contributed by atoms with Crippen molar-refractivity contribution in [2.45, 2.75) is 29.7 Å². The predicted molar refractivity (Wildman–Crippen MR) is 169 cm³/mol. The van der Waals surface area contributed by atoms with E-state index in [4.69, 9.17) is 4.74 Å². The molecule has 1 aliphatic rings. The van der Waals surface area contributed by atoms with E-state index in [2.05, 4.69) is 10.2 Å². The van der Waals surface area contributed by atoms with Crippen LogP contribution in [0.5, 0.6) is 5.75 Å². The van der Waals surface area contributed by atoms with Crippen LogP contribution in [0.1, 0.15) is 33.9 Å². The van der Waals surface area contributed by atoms with Crippen LogP contribution in [0.4, 0.5) is 13.9 Å². The van der Waals surface area contributed by atoms with Gasteiger partial charge in [-0.1, -0.05) is 83.3 Å². The number of thioether (sulfide) groups is 1. The molecule has 2 heterocycles. The van der Waals surface area contributed by atoms with Crippen LogP contribution in [0.15, 0.2) is 107 Å². The van der Waals surface area contributed by atoms with Crippen molar-refractivity contribution in [2.24, 2.45) is 0 Å². The molecular formula is C34H25F2N3O4S2. The van der Waals surface area contributed by atoms with E-state index in [1.165, 1.54) is 42.1 Å². The number of carbonyl (C=O) groups is 2. The van der Waals surface area contributed by atoms with Gasteiger partial charge in [-0.05, 0) is 66.1 Å². The number of aliphatic hydroxyl groups excluding tert-OH is 1. The quantitative estimate of drug-likeness (QED) is 0.0582. The van der Waals surface area contributed by atoms with Crippen LogP contribution in [0, 0.1) is 18.6 Å². The summed E-state index contributed by atoms with van der Waals surface area (Å²) in [6.07, 6.45) is 0. The third-order valence-corrected chi connectivity index (χ3v) is 9.26. The number of amides is 1. The number of hydrogen-bond donors (Lipinski definition) is 1. The summed E-state index contributed by atoms with van der Waals surface area (Å²) in [4.78, 5) is 28.1. The van der Waals surface area contributed by atoms with Crippen molar-refractivity contribution in [3.8, 4) is 5.75 Å². The smallest absolute Gasteiger partial charge is 0.301 e. The Kier molecular flexibility index (Phi) is 8.72. The van der Waals surface area contributed by atoms with E-state index in [0.29, 0.717) is 33.4 Å². The Morgan fingerprint density at radius 3 is 2.44 bits per heavy atom. The number of rotatable bonds is 9. The van der Waals surface area contributed by atoms with Crippen LogP contribution in [0.3, 0.4) is 0 Å². The van der Waals surface area contributed by atoms with Crippen LogP contribution >= 0.6 is 23.1 Å². The molecule has 5 aromatic rings. The summed E-state index contributed by atoms with van der Waals surface area (Å²) in [7, 11) is 0. The Labute approximate surface area is 265 Å². The number of aromatic nitrogens is 2. The van der Waals surface area contributed by atoms with Gasteiger partial charge in [-0.25, -0.2) is 8.78 Å². The zero-order valence-electron chi connectivity index (χ0n) is 23.8. The number of carbonyl (C=O) groups excluding carboxylic acids is 2. The highest BCUT2D eigenvalue weighted by Crippen LogP contribution is 2.44. The van der Waals surface area contributed by atoms with E-state index < -0.39 is 29.3 Å². The van der Waals surface area contributed by atoms with Gasteiger partial charge in [0, 0.05) is 11.3 Å². The largest absolute Gasteiger partial charge is 0.507 e. The number of ether oxygens (including phenoxy) is 1. The topological polar surface area (TPSA) is 92.6 Å². The summed E-state index contributed by atoms with van der Waals surface area (Å²) in [5, 5.41) is 19.8. The number of halogens is 2. The summed E-state index contributed by atoms with van der Waals surface area (Å²) >= 11 is 2.29. The fourth-order valence-electron chi connectivity index (χ4n) is 4.94. The Morgan fingerprint density at radius 1 is 0.956 bits per heavy atom. The average molecular weight is 642 g/mol. The predicted octanol–water partition coefficient (Wildman–Crippen LogP) is 7.62. The van der Waals surface area contributed by atoms with Gasteiger partial charge in [0.05, 0.1) is 11.6 Å². The van der Waals surface area contributed by atoms with Crippen LogP contribution < -0.4 is 9.64 Å². The minimum Gasteiger partial charge on any atom is -0.507 e. The fraction of sp³-hybridized carbons (Fsp3) is 0.118. The molecule has 0 spiro atoms. The van der Waals surface area contributed by atoms with E-state index in [9.17, 15) is 23.5 Å². The first kappa shape index (κ1) is 30.2. The highest BCUT2D eigenvalue weighted by atomic mass is 32.2. The first-order chi connectivity index (χ1) is 21.8. The average Bonchev–Trinajstić information content (AvgIpc) is 3.61. The van der Waals surface area contributed by atoms with E-state index in [0.717, 1.165) is 27.4 Å².